The summed E-state index contributed by atoms with van der Waals surface area (Å²) in [5.41, 5.74) is 1.65. The maximum absolute atomic E-state index is 12.2. The maximum Gasteiger partial charge on any atom is 0.258 e. The highest BCUT2D eigenvalue weighted by Gasteiger charge is 2.16. The van der Waals surface area contributed by atoms with Crippen molar-refractivity contribution in [3.05, 3.63) is 33.2 Å². The molecule has 0 amide bonds. The Morgan fingerprint density at radius 3 is 3.24 bits per heavy atom. The van der Waals surface area contributed by atoms with E-state index in [1.165, 1.54) is 22.7 Å². The number of nitrogens with zero attached hydrogens (tertiary/aromatic N) is 4. The van der Waals surface area contributed by atoms with Crippen LogP contribution in [0.25, 0.3) is 4.96 Å². The van der Waals surface area contributed by atoms with Gasteiger partial charge in [0, 0.05) is 36.0 Å². The van der Waals surface area contributed by atoms with Gasteiger partial charge in [-0.05, 0) is 19.8 Å². The molecule has 7 nitrogen and oxygen atoms in total. The first kappa shape index (κ1) is 17.0. The number of thioether (sulfide) groups is 1. The number of nitrogens with one attached hydrogen (secondary N) is 1. The highest BCUT2D eigenvalue weighted by atomic mass is 32.2. The van der Waals surface area contributed by atoms with Gasteiger partial charge in [0.05, 0.1) is 11.8 Å². The van der Waals surface area contributed by atoms with Crippen LogP contribution in [-0.4, -0.2) is 38.8 Å². The third-order valence-corrected chi connectivity index (χ3v) is 6.88. The van der Waals surface area contributed by atoms with E-state index in [1.54, 1.807) is 22.2 Å². The average Bonchev–Trinajstić information content (AvgIpc) is 3.32. The highest BCUT2D eigenvalue weighted by Crippen LogP contribution is 2.28. The van der Waals surface area contributed by atoms with Gasteiger partial charge in [-0.2, -0.15) is 0 Å². The third-order valence-electron chi connectivity index (χ3n) is 3.88. The summed E-state index contributed by atoms with van der Waals surface area (Å²) in [6.45, 7) is 3.53. The average molecular weight is 396 g/mol. The molecule has 0 aliphatic carbocycles. The second-order valence-corrected chi connectivity index (χ2v) is 8.80. The molecular weight excluding hydrogens is 378 g/mol. The zero-order valence-corrected chi connectivity index (χ0v) is 16.0. The van der Waals surface area contributed by atoms with Crippen LogP contribution in [0.4, 0.5) is 5.13 Å². The van der Waals surface area contributed by atoms with E-state index < -0.39 is 0 Å². The molecule has 1 aliphatic heterocycles. The molecule has 1 saturated heterocycles. The van der Waals surface area contributed by atoms with Gasteiger partial charge in [0.1, 0.15) is 0 Å². The molecule has 0 bridgehead atoms. The minimum absolute atomic E-state index is 0.0319. The summed E-state index contributed by atoms with van der Waals surface area (Å²) in [5, 5.41) is 14.4. The van der Waals surface area contributed by atoms with Crippen molar-refractivity contribution in [3.8, 4) is 0 Å². The summed E-state index contributed by atoms with van der Waals surface area (Å²) in [6, 6.07) is 1.59. The first-order valence-electron chi connectivity index (χ1n) is 7.97. The SMILES string of the molecule is Cc1csc2nc(CSc3nnc(NC[C@@H]4CCCO4)s3)cc(=O)n12. The molecule has 0 unspecified atom stereocenters. The molecule has 0 saturated carbocycles. The van der Waals surface area contributed by atoms with Crippen molar-refractivity contribution in [3.63, 3.8) is 0 Å². The number of rotatable bonds is 6. The van der Waals surface area contributed by atoms with Crippen LogP contribution in [0.1, 0.15) is 24.2 Å². The number of fused-ring (bicyclic) bond motifs is 1. The normalized spacial score (nSPS) is 17.4. The topological polar surface area (TPSA) is 81.4 Å². The molecule has 4 heterocycles. The molecule has 1 atom stereocenters. The summed E-state index contributed by atoms with van der Waals surface area (Å²) < 4.78 is 8.08. The molecule has 1 fully saturated rings. The number of hydrogen-bond donors (Lipinski definition) is 1. The molecular formula is C15H17N5O2S3. The number of thiazole rings is 1. The maximum atomic E-state index is 12.2. The number of ether oxygens (including phenoxy) is 1. The molecule has 0 radical (unpaired) electrons. The summed E-state index contributed by atoms with van der Waals surface area (Å²) in [5.74, 6) is 0.600. The van der Waals surface area contributed by atoms with Crippen LogP contribution in [0.3, 0.4) is 0 Å². The predicted octanol–water partition coefficient (Wildman–Crippen LogP) is 2.80. The van der Waals surface area contributed by atoms with E-state index in [9.17, 15) is 4.79 Å². The van der Waals surface area contributed by atoms with Crippen molar-refractivity contribution in [1.82, 2.24) is 19.6 Å². The second kappa shape index (κ2) is 7.40. The molecule has 132 valence electrons. The van der Waals surface area contributed by atoms with Crippen LogP contribution in [0, 0.1) is 6.92 Å². The van der Waals surface area contributed by atoms with E-state index in [0.29, 0.717) is 5.75 Å². The Morgan fingerprint density at radius 1 is 1.48 bits per heavy atom. The van der Waals surface area contributed by atoms with Crippen molar-refractivity contribution in [1.29, 1.82) is 0 Å². The van der Waals surface area contributed by atoms with Gasteiger partial charge in [0.15, 0.2) is 9.30 Å². The smallest absolute Gasteiger partial charge is 0.258 e. The fourth-order valence-electron chi connectivity index (χ4n) is 2.66. The number of aromatic nitrogens is 4. The zero-order chi connectivity index (χ0) is 17.2. The molecule has 1 aliphatic rings. The standard InChI is InChI=1S/C15H17N5O2S3/c1-9-7-23-14-17-10(5-12(21)20(9)14)8-24-15-19-18-13(25-15)16-6-11-3-2-4-22-11/h5,7,11H,2-4,6,8H2,1H3,(H,16,18)/t11-/m0/s1. The molecule has 10 heteroatoms. The number of aryl methyl sites for hydroxylation is 1. The fourth-order valence-corrected chi connectivity index (χ4v) is 5.20. The van der Waals surface area contributed by atoms with E-state index in [-0.39, 0.29) is 11.7 Å². The Balaban J connectivity index is 1.37. The molecule has 3 aromatic rings. The molecule has 0 aromatic carbocycles. The van der Waals surface area contributed by atoms with Crippen LogP contribution >= 0.6 is 34.4 Å². The van der Waals surface area contributed by atoms with Crippen molar-refractivity contribution in [2.45, 2.75) is 36.0 Å². The van der Waals surface area contributed by atoms with Crippen LogP contribution in [0.15, 0.2) is 20.6 Å². The summed E-state index contributed by atoms with van der Waals surface area (Å²) in [4.78, 5) is 17.5. The Labute approximate surface area is 156 Å². The largest absolute Gasteiger partial charge is 0.376 e. The highest BCUT2D eigenvalue weighted by molar-refractivity contribution is 8.00. The van der Waals surface area contributed by atoms with Crippen LogP contribution in [-0.2, 0) is 10.5 Å². The number of anilines is 1. The molecule has 4 rings (SSSR count). The van der Waals surface area contributed by atoms with E-state index in [1.807, 2.05) is 12.3 Å². The van der Waals surface area contributed by atoms with Gasteiger partial charge >= 0.3 is 0 Å². The molecule has 3 aromatic heterocycles. The van der Waals surface area contributed by atoms with Crippen molar-refractivity contribution in [2.75, 3.05) is 18.5 Å². The van der Waals surface area contributed by atoms with E-state index in [0.717, 1.165) is 51.8 Å². The van der Waals surface area contributed by atoms with Gasteiger partial charge in [0.2, 0.25) is 5.13 Å². The van der Waals surface area contributed by atoms with Gasteiger partial charge in [-0.25, -0.2) is 4.98 Å². The summed E-state index contributed by atoms with van der Waals surface area (Å²) in [6.07, 6.45) is 2.50. The fraction of sp³-hybridized carbons (Fsp3) is 0.467. The van der Waals surface area contributed by atoms with Crippen LogP contribution < -0.4 is 10.9 Å². The van der Waals surface area contributed by atoms with E-state index >= 15 is 0 Å². The third kappa shape index (κ3) is 3.86. The van der Waals surface area contributed by atoms with Crippen LogP contribution in [0.2, 0.25) is 0 Å². The van der Waals surface area contributed by atoms with E-state index in [2.05, 4.69) is 20.5 Å². The van der Waals surface area contributed by atoms with Crippen molar-refractivity contribution in [2.24, 2.45) is 0 Å². The van der Waals surface area contributed by atoms with Gasteiger partial charge in [-0.15, -0.1) is 21.5 Å². The summed E-state index contributed by atoms with van der Waals surface area (Å²) in [7, 11) is 0. The van der Waals surface area contributed by atoms with Gasteiger partial charge in [-0.3, -0.25) is 9.20 Å². The quantitative estimate of drug-likeness (QED) is 0.643. The van der Waals surface area contributed by atoms with Crippen molar-refractivity contribution < 1.29 is 4.74 Å². The first-order valence-corrected chi connectivity index (χ1v) is 10.7. The minimum Gasteiger partial charge on any atom is -0.376 e. The Bertz CT molecular complexity index is 929. The first-order chi connectivity index (χ1) is 12.2. The Morgan fingerprint density at radius 2 is 2.40 bits per heavy atom. The monoisotopic (exact) mass is 395 g/mol. The molecule has 1 N–H and O–H groups in total. The predicted molar refractivity (Wildman–Crippen MR) is 101 cm³/mol. The zero-order valence-electron chi connectivity index (χ0n) is 13.6. The minimum atomic E-state index is -0.0319. The molecule has 0 spiro atoms. The van der Waals surface area contributed by atoms with Crippen LogP contribution in [0.5, 0.6) is 0 Å². The lowest BCUT2D eigenvalue weighted by atomic mass is 10.2. The van der Waals surface area contributed by atoms with Gasteiger partial charge < -0.3 is 10.1 Å². The van der Waals surface area contributed by atoms with E-state index in [4.69, 9.17) is 4.74 Å². The van der Waals surface area contributed by atoms with Crippen molar-refractivity contribution >= 4 is 44.5 Å². The lowest BCUT2D eigenvalue weighted by Crippen LogP contribution is -2.18. The van der Waals surface area contributed by atoms with Gasteiger partial charge in [0.25, 0.3) is 5.56 Å². The lowest BCUT2D eigenvalue weighted by molar-refractivity contribution is 0.120. The number of hydrogen-bond acceptors (Lipinski definition) is 9. The summed E-state index contributed by atoms with van der Waals surface area (Å²) >= 11 is 4.54. The second-order valence-electron chi connectivity index (χ2n) is 5.76. The molecule has 25 heavy (non-hydrogen) atoms. The lowest BCUT2D eigenvalue weighted by Gasteiger charge is -2.08. The Kier molecular flexibility index (Phi) is 5.02. The van der Waals surface area contributed by atoms with Gasteiger partial charge in [-0.1, -0.05) is 23.1 Å². The Hall–Kier alpha value is -1.49.